The molecule has 4 nitrogen and oxygen atoms in total. The van der Waals surface area contributed by atoms with Crippen molar-refractivity contribution in [3.8, 4) is 5.69 Å². The highest BCUT2D eigenvalue weighted by atomic mass is 19.1. The van der Waals surface area contributed by atoms with Gasteiger partial charge in [-0.15, -0.1) is 0 Å². The van der Waals surface area contributed by atoms with Crippen molar-refractivity contribution in [1.29, 1.82) is 0 Å². The molecule has 0 amide bonds. The lowest BCUT2D eigenvalue weighted by atomic mass is 10.2. The van der Waals surface area contributed by atoms with Crippen molar-refractivity contribution in [2.75, 3.05) is 0 Å². The molecule has 1 aliphatic carbocycles. The van der Waals surface area contributed by atoms with E-state index in [2.05, 4.69) is 5.10 Å². The average molecular weight is 272 g/mol. The van der Waals surface area contributed by atoms with Gasteiger partial charge < -0.3 is 5.11 Å². The molecular formula is C15H13FN2O2. The zero-order chi connectivity index (χ0) is 14.1. The molecule has 0 radical (unpaired) electrons. The normalized spacial score (nSPS) is 14.8. The lowest BCUT2D eigenvalue weighted by Crippen LogP contribution is -1.99. The predicted octanol–water partition coefficient (Wildman–Crippen LogP) is 2.99. The van der Waals surface area contributed by atoms with Gasteiger partial charge in [0, 0.05) is 18.2 Å². The molecular weight excluding hydrogens is 259 g/mol. The molecule has 0 spiro atoms. The number of carboxylic acids is 1. The van der Waals surface area contributed by atoms with Gasteiger partial charge in [-0.25, -0.2) is 13.9 Å². The van der Waals surface area contributed by atoms with Gasteiger partial charge in [0.25, 0.3) is 0 Å². The number of carbonyl (C=O) groups is 1. The Balaban J connectivity index is 1.87. The summed E-state index contributed by atoms with van der Waals surface area (Å²) in [5.41, 5.74) is 1.87. The first-order valence-electron chi connectivity index (χ1n) is 6.40. The van der Waals surface area contributed by atoms with Crippen molar-refractivity contribution < 1.29 is 14.3 Å². The molecule has 3 rings (SSSR count). The van der Waals surface area contributed by atoms with Crippen LogP contribution in [0.1, 0.15) is 30.0 Å². The van der Waals surface area contributed by atoms with Crippen LogP contribution in [0.25, 0.3) is 11.8 Å². The molecule has 1 N–H and O–H groups in total. The minimum Gasteiger partial charge on any atom is -0.478 e. The van der Waals surface area contributed by atoms with Crippen LogP contribution in [0, 0.1) is 5.82 Å². The number of halogens is 1. The number of nitrogens with zero attached hydrogens (tertiary/aromatic N) is 2. The third kappa shape index (κ3) is 2.61. The summed E-state index contributed by atoms with van der Waals surface area (Å²) in [6.07, 6.45) is 6.39. The first kappa shape index (κ1) is 12.6. The molecule has 0 saturated heterocycles. The summed E-state index contributed by atoms with van der Waals surface area (Å²) in [7, 11) is 0. The van der Waals surface area contributed by atoms with E-state index in [4.69, 9.17) is 5.11 Å². The SMILES string of the molecule is O=C(O)C=Cc1ccc(-n2ccc(C3CC3)n2)c(F)c1. The average Bonchev–Trinajstić information content (AvgIpc) is 3.15. The molecule has 1 fully saturated rings. The largest absolute Gasteiger partial charge is 0.478 e. The quantitative estimate of drug-likeness (QED) is 0.870. The Morgan fingerprint density at radius 2 is 2.20 bits per heavy atom. The Kier molecular flexibility index (Phi) is 3.10. The number of rotatable bonds is 4. The van der Waals surface area contributed by atoms with Gasteiger partial charge in [0.15, 0.2) is 0 Å². The lowest BCUT2D eigenvalue weighted by Gasteiger charge is -2.04. The van der Waals surface area contributed by atoms with Crippen molar-refractivity contribution in [2.24, 2.45) is 0 Å². The minimum atomic E-state index is -1.06. The van der Waals surface area contributed by atoms with Gasteiger partial charge in [-0.3, -0.25) is 0 Å². The Morgan fingerprint density at radius 1 is 1.40 bits per heavy atom. The van der Waals surface area contributed by atoms with E-state index in [1.807, 2.05) is 6.07 Å². The van der Waals surface area contributed by atoms with Gasteiger partial charge >= 0.3 is 5.97 Å². The number of benzene rings is 1. The van der Waals surface area contributed by atoms with Crippen LogP contribution in [-0.2, 0) is 4.79 Å². The van der Waals surface area contributed by atoms with Crippen LogP contribution in [0.3, 0.4) is 0 Å². The Bertz CT molecular complexity index is 687. The topological polar surface area (TPSA) is 55.1 Å². The molecule has 0 bridgehead atoms. The Morgan fingerprint density at radius 3 is 2.85 bits per heavy atom. The van der Waals surface area contributed by atoms with E-state index in [-0.39, 0.29) is 0 Å². The zero-order valence-corrected chi connectivity index (χ0v) is 10.7. The number of carboxylic acid groups (broad SMARTS) is 1. The van der Waals surface area contributed by atoms with E-state index in [0.29, 0.717) is 17.2 Å². The van der Waals surface area contributed by atoms with E-state index in [1.54, 1.807) is 18.3 Å². The standard InChI is InChI=1S/C15H13FN2O2/c16-12-9-10(2-6-15(19)20)1-5-14(12)18-8-7-13(17-18)11-3-4-11/h1-2,5-9,11H,3-4H2,(H,19,20). The molecule has 5 heteroatoms. The van der Waals surface area contributed by atoms with Crippen LogP contribution in [0.4, 0.5) is 4.39 Å². The van der Waals surface area contributed by atoms with E-state index >= 15 is 0 Å². The highest BCUT2D eigenvalue weighted by Crippen LogP contribution is 2.39. The molecule has 1 saturated carbocycles. The van der Waals surface area contributed by atoms with E-state index in [1.165, 1.54) is 16.8 Å². The summed E-state index contributed by atoms with van der Waals surface area (Å²) < 4.78 is 15.6. The number of hydrogen-bond donors (Lipinski definition) is 1. The van der Waals surface area contributed by atoms with Gasteiger partial charge in [0.05, 0.1) is 5.69 Å². The van der Waals surface area contributed by atoms with E-state index < -0.39 is 11.8 Å². The number of aromatic nitrogens is 2. The third-order valence-electron chi connectivity index (χ3n) is 3.24. The van der Waals surface area contributed by atoms with E-state index in [0.717, 1.165) is 24.6 Å². The van der Waals surface area contributed by atoms with Gasteiger partial charge in [-0.05, 0) is 42.7 Å². The number of aliphatic carboxylic acids is 1. The van der Waals surface area contributed by atoms with Crippen LogP contribution in [-0.4, -0.2) is 20.9 Å². The second-order valence-electron chi connectivity index (χ2n) is 4.84. The summed E-state index contributed by atoms with van der Waals surface area (Å²) in [6, 6.07) is 6.47. The molecule has 0 unspecified atom stereocenters. The molecule has 1 aromatic carbocycles. The van der Waals surface area contributed by atoms with Gasteiger partial charge in [-0.2, -0.15) is 5.10 Å². The molecule has 20 heavy (non-hydrogen) atoms. The molecule has 2 aromatic rings. The zero-order valence-electron chi connectivity index (χ0n) is 10.7. The second kappa shape index (κ2) is 4.92. The highest BCUT2D eigenvalue weighted by Gasteiger charge is 2.26. The highest BCUT2D eigenvalue weighted by molar-refractivity contribution is 5.85. The first-order chi connectivity index (χ1) is 9.63. The summed E-state index contributed by atoms with van der Waals surface area (Å²) in [5, 5.41) is 12.9. The van der Waals surface area contributed by atoms with Crippen molar-refractivity contribution in [3.63, 3.8) is 0 Å². The fourth-order valence-corrected chi connectivity index (χ4v) is 2.05. The maximum Gasteiger partial charge on any atom is 0.328 e. The lowest BCUT2D eigenvalue weighted by molar-refractivity contribution is -0.131. The van der Waals surface area contributed by atoms with Crippen LogP contribution in [0.15, 0.2) is 36.5 Å². The van der Waals surface area contributed by atoms with Crippen molar-refractivity contribution in [1.82, 2.24) is 9.78 Å². The predicted molar refractivity (Wildman–Crippen MR) is 72.2 cm³/mol. The fraction of sp³-hybridized carbons (Fsp3) is 0.200. The van der Waals surface area contributed by atoms with Crippen molar-refractivity contribution >= 4 is 12.0 Å². The number of hydrogen-bond acceptors (Lipinski definition) is 2. The molecule has 1 aliphatic rings. The van der Waals surface area contributed by atoms with Gasteiger partial charge in [0.1, 0.15) is 11.5 Å². The summed E-state index contributed by atoms with van der Waals surface area (Å²) in [6.45, 7) is 0. The monoisotopic (exact) mass is 272 g/mol. The van der Waals surface area contributed by atoms with Gasteiger partial charge in [0.2, 0.25) is 0 Å². The molecule has 102 valence electrons. The second-order valence-corrected chi connectivity index (χ2v) is 4.84. The third-order valence-corrected chi connectivity index (χ3v) is 3.24. The minimum absolute atomic E-state index is 0.365. The van der Waals surface area contributed by atoms with Crippen molar-refractivity contribution in [3.05, 3.63) is 53.6 Å². The molecule has 1 heterocycles. The van der Waals surface area contributed by atoms with Gasteiger partial charge in [-0.1, -0.05) is 6.07 Å². The molecule has 1 aromatic heterocycles. The smallest absolute Gasteiger partial charge is 0.328 e. The summed E-state index contributed by atoms with van der Waals surface area (Å²) >= 11 is 0. The Hall–Kier alpha value is -2.43. The van der Waals surface area contributed by atoms with Crippen LogP contribution < -0.4 is 0 Å². The van der Waals surface area contributed by atoms with Crippen LogP contribution in [0.5, 0.6) is 0 Å². The van der Waals surface area contributed by atoms with Crippen LogP contribution >= 0.6 is 0 Å². The maximum atomic E-state index is 14.0. The van der Waals surface area contributed by atoms with Crippen molar-refractivity contribution in [2.45, 2.75) is 18.8 Å². The van der Waals surface area contributed by atoms with E-state index in [9.17, 15) is 9.18 Å². The Labute approximate surface area is 115 Å². The molecule has 0 aliphatic heterocycles. The fourth-order valence-electron chi connectivity index (χ4n) is 2.05. The summed E-state index contributed by atoms with van der Waals surface area (Å²) in [4.78, 5) is 10.4. The summed E-state index contributed by atoms with van der Waals surface area (Å²) in [5.74, 6) is -0.962. The maximum absolute atomic E-state index is 14.0. The first-order valence-corrected chi connectivity index (χ1v) is 6.40. The van der Waals surface area contributed by atoms with Crippen LogP contribution in [0.2, 0.25) is 0 Å². The molecule has 0 atom stereocenters.